The standard InChI is InChI=1S/C14H18ClN3O2/c15-11-5-4-10(18(19)20)9-13(11)16-12-6-8-17-7-2-1-3-14(12)17/h4-5,9,12,14,16H,1-3,6-8H2. The molecule has 0 bridgehead atoms. The van der Waals surface area contributed by atoms with Gasteiger partial charge in [0, 0.05) is 30.8 Å². The molecule has 2 unspecified atom stereocenters. The number of fused-ring (bicyclic) bond motifs is 1. The highest BCUT2D eigenvalue weighted by molar-refractivity contribution is 6.33. The first-order chi connectivity index (χ1) is 9.65. The number of nitro benzene ring substituents is 1. The van der Waals surface area contributed by atoms with Crippen molar-refractivity contribution < 1.29 is 4.92 Å². The summed E-state index contributed by atoms with van der Waals surface area (Å²) >= 11 is 6.16. The second kappa shape index (κ2) is 5.58. The fourth-order valence-corrected chi connectivity index (χ4v) is 3.52. The second-order valence-electron chi connectivity index (χ2n) is 5.56. The molecule has 6 heteroatoms. The molecule has 0 saturated carbocycles. The lowest BCUT2D eigenvalue weighted by Gasteiger charge is -2.33. The van der Waals surface area contributed by atoms with E-state index in [4.69, 9.17) is 11.6 Å². The van der Waals surface area contributed by atoms with E-state index in [0.29, 0.717) is 22.8 Å². The molecule has 0 aliphatic carbocycles. The quantitative estimate of drug-likeness (QED) is 0.687. The van der Waals surface area contributed by atoms with E-state index in [2.05, 4.69) is 10.2 Å². The lowest BCUT2D eigenvalue weighted by molar-refractivity contribution is -0.384. The van der Waals surface area contributed by atoms with Crippen LogP contribution in [0.4, 0.5) is 11.4 Å². The minimum absolute atomic E-state index is 0.0791. The number of piperidine rings is 1. The van der Waals surface area contributed by atoms with Crippen LogP contribution in [0.3, 0.4) is 0 Å². The van der Waals surface area contributed by atoms with Crippen LogP contribution in [-0.4, -0.2) is 35.0 Å². The van der Waals surface area contributed by atoms with Gasteiger partial charge in [-0.1, -0.05) is 18.0 Å². The average Bonchev–Trinajstić information content (AvgIpc) is 2.84. The summed E-state index contributed by atoms with van der Waals surface area (Å²) in [5.74, 6) is 0. The molecule has 0 aromatic heterocycles. The minimum atomic E-state index is -0.386. The molecular weight excluding hydrogens is 278 g/mol. The normalized spacial score (nSPS) is 26.2. The number of hydrogen-bond acceptors (Lipinski definition) is 4. The summed E-state index contributed by atoms with van der Waals surface area (Å²) < 4.78 is 0. The number of nitrogens with zero attached hydrogens (tertiary/aromatic N) is 2. The molecule has 2 saturated heterocycles. The van der Waals surface area contributed by atoms with Gasteiger partial charge in [-0.3, -0.25) is 15.0 Å². The van der Waals surface area contributed by atoms with Crippen molar-refractivity contribution in [3.05, 3.63) is 33.3 Å². The van der Waals surface area contributed by atoms with E-state index < -0.39 is 0 Å². The molecule has 2 heterocycles. The van der Waals surface area contributed by atoms with Crippen LogP contribution < -0.4 is 5.32 Å². The topological polar surface area (TPSA) is 58.4 Å². The molecule has 108 valence electrons. The van der Waals surface area contributed by atoms with Crippen molar-refractivity contribution in [2.45, 2.75) is 37.8 Å². The fraction of sp³-hybridized carbons (Fsp3) is 0.571. The van der Waals surface area contributed by atoms with Crippen molar-refractivity contribution in [1.29, 1.82) is 0 Å². The van der Waals surface area contributed by atoms with Crippen LogP contribution >= 0.6 is 11.6 Å². The van der Waals surface area contributed by atoms with E-state index >= 15 is 0 Å². The van der Waals surface area contributed by atoms with Gasteiger partial charge in [-0.25, -0.2) is 0 Å². The van der Waals surface area contributed by atoms with Crippen molar-refractivity contribution in [2.75, 3.05) is 18.4 Å². The monoisotopic (exact) mass is 295 g/mol. The van der Waals surface area contributed by atoms with Gasteiger partial charge in [0.2, 0.25) is 0 Å². The van der Waals surface area contributed by atoms with Crippen LogP contribution in [0.5, 0.6) is 0 Å². The van der Waals surface area contributed by atoms with Gasteiger partial charge in [-0.05, 0) is 31.9 Å². The van der Waals surface area contributed by atoms with Crippen molar-refractivity contribution >= 4 is 23.0 Å². The Kier molecular flexibility index (Phi) is 3.81. The van der Waals surface area contributed by atoms with Gasteiger partial charge >= 0.3 is 0 Å². The Labute approximate surface area is 123 Å². The van der Waals surface area contributed by atoms with Gasteiger partial charge in [0.25, 0.3) is 5.69 Å². The summed E-state index contributed by atoms with van der Waals surface area (Å²) in [5.41, 5.74) is 0.758. The number of non-ortho nitro benzene ring substituents is 1. The van der Waals surface area contributed by atoms with Crippen molar-refractivity contribution in [3.63, 3.8) is 0 Å². The number of nitro groups is 1. The molecule has 0 spiro atoms. The zero-order valence-electron chi connectivity index (χ0n) is 11.2. The maximum atomic E-state index is 10.9. The molecule has 1 aromatic carbocycles. The van der Waals surface area contributed by atoms with E-state index in [9.17, 15) is 10.1 Å². The van der Waals surface area contributed by atoms with Crippen molar-refractivity contribution in [1.82, 2.24) is 4.90 Å². The Morgan fingerprint density at radius 3 is 2.95 bits per heavy atom. The highest BCUT2D eigenvalue weighted by Gasteiger charge is 2.35. The molecule has 1 aromatic rings. The molecule has 0 amide bonds. The summed E-state index contributed by atoms with van der Waals surface area (Å²) in [6.45, 7) is 2.28. The highest BCUT2D eigenvalue weighted by atomic mass is 35.5. The largest absolute Gasteiger partial charge is 0.379 e. The lowest BCUT2D eigenvalue weighted by Crippen LogP contribution is -2.41. The SMILES string of the molecule is O=[N+]([O-])c1ccc(Cl)c(NC2CCN3CCCCC23)c1. The Hall–Kier alpha value is -1.33. The number of anilines is 1. The predicted octanol–water partition coefficient (Wildman–Crippen LogP) is 3.29. The van der Waals surface area contributed by atoms with Crippen molar-refractivity contribution in [2.24, 2.45) is 0 Å². The summed E-state index contributed by atoms with van der Waals surface area (Å²) in [5, 5.41) is 14.8. The molecular formula is C14H18ClN3O2. The van der Waals surface area contributed by atoms with Gasteiger partial charge < -0.3 is 5.32 Å². The molecule has 2 fully saturated rings. The Morgan fingerprint density at radius 2 is 2.15 bits per heavy atom. The van der Waals surface area contributed by atoms with Crippen LogP contribution in [0.15, 0.2) is 18.2 Å². The van der Waals surface area contributed by atoms with Crippen LogP contribution in [0.1, 0.15) is 25.7 Å². The molecule has 2 aliphatic heterocycles. The predicted molar refractivity (Wildman–Crippen MR) is 79.3 cm³/mol. The number of halogens is 1. The van der Waals surface area contributed by atoms with Gasteiger partial charge in [0.15, 0.2) is 0 Å². The second-order valence-corrected chi connectivity index (χ2v) is 5.97. The molecule has 3 rings (SSSR count). The Balaban J connectivity index is 1.77. The lowest BCUT2D eigenvalue weighted by atomic mass is 9.99. The van der Waals surface area contributed by atoms with Crippen LogP contribution in [0.2, 0.25) is 5.02 Å². The average molecular weight is 296 g/mol. The fourth-order valence-electron chi connectivity index (χ4n) is 3.35. The molecule has 1 N–H and O–H groups in total. The molecule has 2 aliphatic rings. The van der Waals surface area contributed by atoms with Crippen LogP contribution in [0, 0.1) is 10.1 Å². The number of nitrogens with one attached hydrogen (secondary N) is 1. The van der Waals surface area contributed by atoms with E-state index in [0.717, 1.165) is 13.0 Å². The third-order valence-electron chi connectivity index (χ3n) is 4.36. The summed E-state index contributed by atoms with van der Waals surface area (Å²) in [7, 11) is 0. The van der Waals surface area contributed by atoms with Crippen LogP contribution in [0.25, 0.3) is 0 Å². The third kappa shape index (κ3) is 2.60. The smallest absolute Gasteiger partial charge is 0.271 e. The van der Waals surface area contributed by atoms with Gasteiger partial charge in [-0.15, -0.1) is 0 Å². The molecule has 2 atom stereocenters. The summed E-state index contributed by atoms with van der Waals surface area (Å²) in [4.78, 5) is 13.0. The van der Waals surface area contributed by atoms with E-state index in [1.165, 1.54) is 37.9 Å². The zero-order valence-corrected chi connectivity index (χ0v) is 12.0. The van der Waals surface area contributed by atoms with Gasteiger partial charge in [0.05, 0.1) is 15.6 Å². The van der Waals surface area contributed by atoms with E-state index in [-0.39, 0.29) is 10.6 Å². The van der Waals surface area contributed by atoms with Gasteiger partial charge in [-0.2, -0.15) is 0 Å². The number of hydrogen-bond donors (Lipinski definition) is 1. The summed E-state index contributed by atoms with van der Waals surface area (Å²) in [6.07, 6.45) is 4.82. The zero-order chi connectivity index (χ0) is 14.1. The molecule has 20 heavy (non-hydrogen) atoms. The maximum absolute atomic E-state index is 10.9. The van der Waals surface area contributed by atoms with Crippen LogP contribution in [-0.2, 0) is 0 Å². The number of rotatable bonds is 3. The Bertz CT molecular complexity index is 523. The van der Waals surface area contributed by atoms with Gasteiger partial charge in [0.1, 0.15) is 0 Å². The Morgan fingerprint density at radius 1 is 1.30 bits per heavy atom. The highest BCUT2D eigenvalue weighted by Crippen LogP contribution is 2.33. The third-order valence-corrected chi connectivity index (χ3v) is 4.69. The first-order valence-electron chi connectivity index (χ1n) is 7.09. The first-order valence-corrected chi connectivity index (χ1v) is 7.47. The summed E-state index contributed by atoms with van der Waals surface area (Å²) in [6, 6.07) is 5.45. The maximum Gasteiger partial charge on any atom is 0.271 e. The molecule has 5 nitrogen and oxygen atoms in total. The first kappa shape index (κ1) is 13.6. The van der Waals surface area contributed by atoms with Crippen molar-refractivity contribution in [3.8, 4) is 0 Å². The van der Waals surface area contributed by atoms with E-state index in [1.54, 1.807) is 6.07 Å². The minimum Gasteiger partial charge on any atom is -0.379 e. The van der Waals surface area contributed by atoms with E-state index in [1.807, 2.05) is 0 Å². The molecule has 0 radical (unpaired) electrons. The number of benzene rings is 1.